The molecule has 1 amide bonds. The number of carbonyl (C=O) groups excluding carboxylic acids is 2. The fraction of sp³-hybridized carbons (Fsp3) is 0.211. The van der Waals surface area contributed by atoms with Crippen molar-refractivity contribution in [1.82, 2.24) is 4.98 Å². The number of rotatable bonds is 2. The van der Waals surface area contributed by atoms with E-state index in [1.807, 2.05) is 24.3 Å². The van der Waals surface area contributed by atoms with Gasteiger partial charge in [0.05, 0.1) is 11.3 Å². The van der Waals surface area contributed by atoms with Gasteiger partial charge in [-0.05, 0) is 73.7 Å². The lowest BCUT2D eigenvalue weighted by Gasteiger charge is -2.21. The quantitative estimate of drug-likeness (QED) is 0.396. The van der Waals surface area contributed by atoms with Crippen LogP contribution in [0.5, 0.6) is 0 Å². The highest BCUT2D eigenvalue weighted by atomic mass is 127. The summed E-state index contributed by atoms with van der Waals surface area (Å²) in [6.45, 7) is 5.40. The monoisotopic (exact) mass is 448 g/mol. The maximum absolute atomic E-state index is 12.9. The van der Waals surface area contributed by atoms with Crippen LogP contribution >= 0.6 is 22.6 Å². The van der Waals surface area contributed by atoms with Crippen LogP contribution in [0.4, 0.5) is 5.69 Å². The number of halogens is 1. The van der Waals surface area contributed by atoms with E-state index in [0.717, 1.165) is 3.57 Å². The summed E-state index contributed by atoms with van der Waals surface area (Å²) in [6.07, 6.45) is 4.52. The van der Waals surface area contributed by atoms with Gasteiger partial charge in [-0.1, -0.05) is 0 Å². The number of esters is 1. The third-order valence-electron chi connectivity index (χ3n) is 3.52. The molecule has 1 aliphatic heterocycles. The fourth-order valence-electron chi connectivity index (χ4n) is 2.57. The largest absolute Gasteiger partial charge is 0.457 e. The van der Waals surface area contributed by atoms with E-state index in [4.69, 9.17) is 4.74 Å². The van der Waals surface area contributed by atoms with Crippen LogP contribution in [0.1, 0.15) is 36.7 Å². The molecule has 1 aromatic heterocycles. The summed E-state index contributed by atoms with van der Waals surface area (Å²) in [4.78, 5) is 30.8. The minimum Gasteiger partial charge on any atom is -0.457 e. The Bertz CT molecular complexity index is 867. The van der Waals surface area contributed by atoms with Gasteiger partial charge < -0.3 is 4.74 Å². The predicted octanol–water partition coefficient (Wildman–Crippen LogP) is 4.03. The van der Waals surface area contributed by atoms with E-state index in [-0.39, 0.29) is 5.91 Å². The van der Waals surface area contributed by atoms with Gasteiger partial charge >= 0.3 is 5.97 Å². The summed E-state index contributed by atoms with van der Waals surface area (Å²) in [5.41, 5.74) is 1.70. The Kier molecular flexibility index (Phi) is 4.64. The van der Waals surface area contributed by atoms with Crippen LogP contribution in [0.3, 0.4) is 0 Å². The first-order valence-corrected chi connectivity index (χ1v) is 8.83. The number of benzene rings is 1. The van der Waals surface area contributed by atoms with E-state index in [1.165, 1.54) is 11.0 Å². The van der Waals surface area contributed by atoms with Crippen molar-refractivity contribution >= 4 is 45.9 Å². The molecule has 0 radical (unpaired) electrons. The lowest BCUT2D eigenvalue weighted by Crippen LogP contribution is -2.25. The normalized spacial score (nSPS) is 15.4. The number of pyridine rings is 1. The van der Waals surface area contributed by atoms with Crippen LogP contribution in [-0.2, 0) is 9.53 Å². The molecule has 1 aromatic carbocycles. The SMILES string of the molecule is CC(C)(C)OC(=O)/C=C1\c2cnccc2C(=O)N1c1ccc(I)cc1. The Labute approximate surface area is 159 Å². The third-order valence-corrected chi connectivity index (χ3v) is 4.24. The number of carbonyl (C=O) groups is 2. The average molecular weight is 448 g/mol. The molecular formula is C19H17IN2O3. The van der Waals surface area contributed by atoms with Gasteiger partial charge in [0.25, 0.3) is 5.91 Å². The second kappa shape index (κ2) is 6.59. The highest BCUT2D eigenvalue weighted by Crippen LogP contribution is 2.36. The van der Waals surface area contributed by atoms with Crippen molar-refractivity contribution in [3.63, 3.8) is 0 Å². The Hall–Kier alpha value is -2.22. The van der Waals surface area contributed by atoms with Crippen LogP contribution < -0.4 is 4.90 Å². The molecule has 1 aliphatic rings. The average Bonchev–Trinajstić information content (AvgIpc) is 2.80. The van der Waals surface area contributed by atoms with Gasteiger partial charge in [0.15, 0.2) is 0 Å². The summed E-state index contributed by atoms with van der Waals surface area (Å²) in [6, 6.07) is 9.18. The molecule has 5 nitrogen and oxygen atoms in total. The maximum atomic E-state index is 12.9. The topological polar surface area (TPSA) is 59.5 Å². The fourth-order valence-corrected chi connectivity index (χ4v) is 2.93. The molecule has 2 heterocycles. The van der Waals surface area contributed by atoms with Crippen molar-refractivity contribution in [3.05, 3.63) is 63.5 Å². The molecule has 6 heteroatoms. The third kappa shape index (κ3) is 3.73. The van der Waals surface area contributed by atoms with E-state index in [0.29, 0.717) is 22.5 Å². The number of anilines is 1. The molecule has 2 aromatic rings. The molecule has 0 spiro atoms. The van der Waals surface area contributed by atoms with Crippen molar-refractivity contribution in [1.29, 1.82) is 0 Å². The Morgan fingerprint density at radius 2 is 1.84 bits per heavy atom. The molecule has 0 fully saturated rings. The standard InChI is InChI=1S/C19H17IN2O3/c1-19(2,3)25-17(23)10-16-15-11-21-9-8-14(15)18(24)22(16)13-6-4-12(20)5-7-13/h4-11H,1-3H3/b16-10+. The van der Waals surface area contributed by atoms with Gasteiger partial charge in [0.1, 0.15) is 5.60 Å². The van der Waals surface area contributed by atoms with Crippen molar-refractivity contribution in [3.8, 4) is 0 Å². The first kappa shape index (κ1) is 17.6. The number of hydrogen-bond donors (Lipinski definition) is 0. The van der Waals surface area contributed by atoms with Crippen molar-refractivity contribution in [2.45, 2.75) is 26.4 Å². The first-order chi connectivity index (χ1) is 11.8. The van der Waals surface area contributed by atoms with Gasteiger partial charge in [-0.25, -0.2) is 4.79 Å². The number of amides is 1. The van der Waals surface area contributed by atoms with Gasteiger partial charge in [-0.3, -0.25) is 14.7 Å². The molecule has 0 saturated carbocycles. The van der Waals surface area contributed by atoms with E-state index in [1.54, 1.807) is 39.2 Å². The molecule has 128 valence electrons. The molecule has 25 heavy (non-hydrogen) atoms. The highest BCUT2D eigenvalue weighted by Gasteiger charge is 2.34. The number of hydrogen-bond acceptors (Lipinski definition) is 4. The number of fused-ring (bicyclic) bond motifs is 1. The molecule has 0 N–H and O–H groups in total. The van der Waals surface area contributed by atoms with Crippen LogP contribution in [-0.4, -0.2) is 22.5 Å². The minimum atomic E-state index is -0.609. The van der Waals surface area contributed by atoms with E-state index in [9.17, 15) is 9.59 Å². The lowest BCUT2D eigenvalue weighted by molar-refractivity contribution is -0.148. The Morgan fingerprint density at radius 3 is 2.48 bits per heavy atom. The summed E-state index contributed by atoms with van der Waals surface area (Å²) in [7, 11) is 0. The highest BCUT2D eigenvalue weighted by molar-refractivity contribution is 14.1. The summed E-state index contributed by atoms with van der Waals surface area (Å²) in [5.74, 6) is -0.684. The summed E-state index contributed by atoms with van der Waals surface area (Å²) >= 11 is 2.20. The zero-order chi connectivity index (χ0) is 18.2. The van der Waals surface area contributed by atoms with Gasteiger partial charge in [0.2, 0.25) is 0 Å². The second-order valence-electron chi connectivity index (χ2n) is 6.60. The Balaban J connectivity index is 2.08. The molecule has 0 atom stereocenters. The summed E-state index contributed by atoms with van der Waals surface area (Å²) < 4.78 is 6.44. The summed E-state index contributed by atoms with van der Waals surface area (Å²) in [5, 5.41) is 0. The number of aromatic nitrogens is 1. The predicted molar refractivity (Wildman–Crippen MR) is 104 cm³/mol. The molecule has 0 aliphatic carbocycles. The lowest BCUT2D eigenvalue weighted by atomic mass is 10.1. The second-order valence-corrected chi connectivity index (χ2v) is 7.85. The smallest absolute Gasteiger partial charge is 0.333 e. The number of ether oxygens (including phenoxy) is 1. The van der Waals surface area contributed by atoms with Crippen molar-refractivity contribution in [2.24, 2.45) is 0 Å². The first-order valence-electron chi connectivity index (χ1n) is 7.75. The number of nitrogens with zero attached hydrogens (tertiary/aromatic N) is 2. The van der Waals surface area contributed by atoms with Crippen LogP contribution in [0, 0.1) is 3.57 Å². The Morgan fingerprint density at radius 1 is 1.16 bits per heavy atom. The van der Waals surface area contributed by atoms with E-state index < -0.39 is 11.6 Å². The van der Waals surface area contributed by atoms with Crippen LogP contribution in [0.2, 0.25) is 0 Å². The molecule has 3 rings (SSSR count). The van der Waals surface area contributed by atoms with Crippen molar-refractivity contribution < 1.29 is 14.3 Å². The maximum Gasteiger partial charge on any atom is 0.333 e. The van der Waals surface area contributed by atoms with Gasteiger partial charge in [0, 0.05) is 33.3 Å². The van der Waals surface area contributed by atoms with E-state index in [2.05, 4.69) is 27.6 Å². The van der Waals surface area contributed by atoms with E-state index >= 15 is 0 Å². The minimum absolute atomic E-state index is 0.187. The zero-order valence-electron chi connectivity index (χ0n) is 14.1. The van der Waals surface area contributed by atoms with Crippen LogP contribution in [0.25, 0.3) is 5.70 Å². The molecule has 0 unspecified atom stereocenters. The molecule has 0 saturated heterocycles. The molecular weight excluding hydrogens is 431 g/mol. The van der Waals surface area contributed by atoms with Gasteiger partial charge in [-0.15, -0.1) is 0 Å². The van der Waals surface area contributed by atoms with Crippen LogP contribution in [0.15, 0.2) is 48.8 Å². The zero-order valence-corrected chi connectivity index (χ0v) is 16.3. The van der Waals surface area contributed by atoms with Gasteiger partial charge in [-0.2, -0.15) is 0 Å². The molecule has 0 bridgehead atoms. The van der Waals surface area contributed by atoms with Crippen molar-refractivity contribution in [2.75, 3.05) is 4.90 Å².